The molecule has 0 spiro atoms. The molecule has 5 aliphatic rings. The molecule has 4 nitrogen and oxygen atoms in total. The fourth-order valence-electron chi connectivity index (χ4n) is 10.7. The van der Waals surface area contributed by atoms with Crippen molar-refractivity contribution >= 4 is 5.97 Å². The number of carbonyl (C=O) groups is 1. The van der Waals surface area contributed by atoms with E-state index in [0.29, 0.717) is 18.3 Å². The van der Waals surface area contributed by atoms with Gasteiger partial charge < -0.3 is 15.3 Å². The smallest absolute Gasteiger partial charge is 0.313 e. The summed E-state index contributed by atoms with van der Waals surface area (Å²) in [4.78, 5) is 12.8. The summed E-state index contributed by atoms with van der Waals surface area (Å²) in [5.74, 6) is 0.273. The molecule has 34 heavy (non-hydrogen) atoms. The Hall–Kier alpha value is -0.870. The third kappa shape index (κ3) is 2.88. The predicted octanol–water partition coefficient (Wildman–Crippen LogP) is 6.35. The van der Waals surface area contributed by atoms with E-state index in [-0.39, 0.29) is 27.1 Å². The van der Waals surface area contributed by atoms with E-state index in [1.165, 1.54) is 11.1 Å². The highest BCUT2D eigenvalue weighted by Crippen LogP contribution is 2.75. The molecule has 3 N–H and O–H groups in total. The van der Waals surface area contributed by atoms with Crippen molar-refractivity contribution in [2.24, 2.45) is 44.3 Å². The fourth-order valence-corrected chi connectivity index (χ4v) is 10.7. The molecule has 0 radical (unpaired) electrons. The van der Waals surface area contributed by atoms with Crippen LogP contribution in [0, 0.1) is 44.3 Å². The zero-order valence-corrected chi connectivity index (χ0v) is 22.6. The molecule has 192 valence electrons. The number of fused-ring (bicyclic) bond motifs is 6. The van der Waals surface area contributed by atoms with E-state index < -0.39 is 23.6 Å². The molecule has 8 atom stereocenters. The van der Waals surface area contributed by atoms with Crippen molar-refractivity contribution < 1.29 is 20.1 Å². The van der Waals surface area contributed by atoms with Crippen molar-refractivity contribution in [1.29, 1.82) is 0 Å². The summed E-state index contributed by atoms with van der Waals surface area (Å²) in [5.41, 5.74) is 2.07. The number of rotatable bonds is 1. The van der Waals surface area contributed by atoms with Crippen molar-refractivity contribution in [3.8, 4) is 0 Å². The van der Waals surface area contributed by atoms with Gasteiger partial charge in [0.05, 0.1) is 17.6 Å². The lowest BCUT2D eigenvalue weighted by atomic mass is 9.34. The molecule has 4 heteroatoms. The summed E-state index contributed by atoms with van der Waals surface area (Å²) in [5, 5.41) is 32.4. The van der Waals surface area contributed by atoms with Crippen LogP contribution in [0.4, 0.5) is 0 Å². The number of hydrogen-bond acceptors (Lipinski definition) is 3. The normalized spacial score (nSPS) is 51.6. The summed E-state index contributed by atoms with van der Waals surface area (Å²) < 4.78 is 0. The predicted molar refractivity (Wildman–Crippen MR) is 134 cm³/mol. The van der Waals surface area contributed by atoms with E-state index in [4.69, 9.17) is 0 Å². The van der Waals surface area contributed by atoms with Crippen molar-refractivity contribution in [1.82, 2.24) is 0 Å². The molecular formula is C30H48O4. The molecule has 0 amide bonds. The Morgan fingerprint density at radius 1 is 0.824 bits per heavy atom. The van der Waals surface area contributed by atoms with Crippen LogP contribution in [0.2, 0.25) is 0 Å². The summed E-state index contributed by atoms with van der Waals surface area (Å²) in [6.07, 6.45) is 8.03. The zero-order valence-electron chi connectivity index (χ0n) is 22.6. The number of aliphatic carboxylic acids is 1. The number of carboxylic acid groups (broad SMARTS) is 1. The lowest BCUT2D eigenvalue weighted by Gasteiger charge is -2.71. The van der Waals surface area contributed by atoms with Gasteiger partial charge in [-0.05, 0) is 103 Å². The molecule has 0 saturated heterocycles. The van der Waals surface area contributed by atoms with Gasteiger partial charge in [-0.15, -0.1) is 0 Å². The molecular weight excluding hydrogens is 424 g/mol. The molecule has 0 aromatic carbocycles. The van der Waals surface area contributed by atoms with Crippen molar-refractivity contribution in [3.63, 3.8) is 0 Å². The number of hydrogen-bond donors (Lipinski definition) is 3. The summed E-state index contributed by atoms with van der Waals surface area (Å²) in [7, 11) is 0. The third-order valence-electron chi connectivity index (χ3n) is 12.9. The second-order valence-corrected chi connectivity index (χ2v) is 15.2. The lowest BCUT2D eigenvalue weighted by molar-refractivity contribution is -0.233. The van der Waals surface area contributed by atoms with Gasteiger partial charge in [0.2, 0.25) is 0 Å². The van der Waals surface area contributed by atoms with Crippen LogP contribution in [-0.4, -0.2) is 33.5 Å². The van der Waals surface area contributed by atoms with E-state index >= 15 is 0 Å². The van der Waals surface area contributed by atoms with Crippen LogP contribution in [0.5, 0.6) is 0 Å². The molecule has 1 unspecified atom stereocenters. The Labute approximate surface area is 206 Å². The number of allylic oxidation sites excluding steroid dienone is 1. The maximum Gasteiger partial charge on any atom is 0.313 e. The molecule has 4 saturated carbocycles. The summed E-state index contributed by atoms with van der Waals surface area (Å²) in [6, 6.07) is 0. The van der Waals surface area contributed by atoms with Crippen LogP contribution in [0.3, 0.4) is 0 Å². The molecule has 5 aliphatic carbocycles. The standard InChI is InChI=1S/C30H48O4/c1-25(2)12-14-30(24(33)34)15-13-28(6)18(19(30)16-25)8-9-22-27(5)17-20(31)23(32)26(3,4)21(27)10-11-29(22,28)7/h20-23,31-32H,8-17H2,1-7H3,(H,33,34)/t20-,21+,22?,23+,27+,28-,29-,30+/m1/s1. The van der Waals surface area contributed by atoms with Gasteiger partial charge in [-0.25, -0.2) is 0 Å². The van der Waals surface area contributed by atoms with Gasteiger partial charge in [0.1, 0.15) is 0 Å². The maximum absolute atomic E-state index is 12.8. The van der Waals surface area contributed by atoms with Crippen LogP contribution in [0.1, 0.15) is 113 Å². The van der Waals surface area contributed by atoms with E-state index in [2.05, 4.69) is 48.5 Å². The topological polar surface area (TPSA) is 77.8 Å². The maximum atomic E-state index is 12.8. The van der Waals surface area contributed by atoms with Crippen LogP contribution in [0.25, 0.3) is 0 Å². The fraction of sp³-hybridized carbons (Fsp3) is 0.900. The second kappa shape index (κ2) is 7.12. The number of aliphatic hydroxyl groups is 2. The number of carboxylic acids is 1. The second-order valence-electron chi connectivity index (χ2n) is 15.2. The van der Waals surface area contributed by atoms with Gasteiger partial charge >= 0.3 is 5.97 Å². The Kier molecular flexibility index (Phi) is 5.20. The van der Waals surface area contributed by atoms with Gasteiger partial charge in [-0.3, -0.25) is 4.79 Å². The number of aliphatic hydroxyl groups excluding tert-OH is 2. The zero-order chi connectivity index (χ0) is 25.1. The highest BCUT2D eigenvalue weighted by molar-refractivity contribution is 5.80. The first-order valence-electron chi connectivity index (χ1n) is 13.9. The van der Waals surface area contributed by atoms with Crippen LogP contribution in [0.15, 0.2) is 11.1 Å². The molecule has 0 aliphatic heterocycles. The van der Waals surface area contributed by atoms with E-state index in [0.717, 1.165) is 57.8 Å². The van der Waals surface area contributed by atoms with Crippen molar-refractivity contribution in [3.05, 3.63) is 11.1 Å². The highest BCUT2D eigenvalue weighted by atomic mass is 16.4. The summed E-state index contributed by atoms with van der Waals surface area (Å²) >= 11 is 0. The van der Waals surface area contributed by atoms with Crippen LogP contribution in [-0.2, 0) is 4.79 Å². The highest BCUT2D eigenvalue weighted by Gasteiger charge is 2.69. The van der Waals surface area contributed by atoms with Crippen molar-refractivity contribution in [2.45, 2.75) is 125 Å². The minimum absolute atomic E-state index is 0.0107. The van der Waals surface area contributed by atoms with E-state index in [1.807, 2.05) is 0 Å². The van der Waals surface area contributed by atoms with Gasteiger partial charge in [0, 0.05) is 0 Å². The quantitative estimate of drug-likeness (QED) is 0.389. The first-order valence-corrected chi connectivity index (χ1v) is 13.9. The lowest BCUT2D eigenvalue weighted by Crippen LogP contribution is -2.66. The molecule has 0 bridgehead atoms. The van der Waals surface area contributed by atoms with Crippen LogP contribution < -0.4 is 0 Å². The van der Waals surface area contributed by atoms with Gasteiger partial charge in [-0.1, -0.05) is 59.6 Å². The minimum Gasteiger partial charge on any atom is -0.481 e. The summed E-state index contributed by atoms with van der Waals surface area (Å²) in [6.45, 7) is 16.3. The minimum atomic E-state index is -0.670. The Morgan fingerprint density at radius 2 is 1.47 bits per heavy atom. The Bertz CT molecular complexity index is 932. The largest absolute Gasteiger partial charge is 0.481 e. The van der Waals surface area contributed by atoms with Gasteiger partial charge in [0.25, 0.3) is 0 Å². The van der Waals surface area contributed by atoms with Gasteiger partial charge in [-0.2, -0.15) is 0 Å². The third-order valence-corrected chi connectivity index (χ3v) is 12.9. The first-order chi connectivity index (χ1) is 15.6. The Balaban J connectivity index is 1.63. The molecule has 0 aromatic heterocycles. The molecule has 4 fully saturated rings. The Morgan fingerprint density at radius 3 is 2.12 bits per heavy atom. The van der Waals surface area contributed by atoms with E-state index in [1.54, 1.807) is 0 Å². The molecule has 5 rings (SSSR count). The van der Waals surface area contributed by atoms with Gasteiger partial charge in [0.15, 0.2) is 0 Å². The SMILES string of the molecule is CC1(C)CC[C@]2(C(=O)O)CC[C@]3(C)C(=C2C1)CCC1[C@@]2(C)C[C@@H](O)[C@H](O)C(C)(C)[C@@H]2CC[C@]13C. The van der Waals surface area contributed by atoms with Crippen LogP contribution >= 0.6 is 0 Å². The van der Waals surface area contributed by atoms with E-state index in [9.17, 15) is 20.1 Å². The monoisotopic (exact) mass is 472 g/mol. The molecule has 0 aromatic rings. The van der Waals surface area contributed by atoms with Crippen molar-refractivity contribution in [2.75, 3.05) is 0 Å². The average molecular weight is 473 g/mol. The average Bonchev–Trinajstić information content (AvgIpc) is 2.72. The first kappa shape index (κ1) is 24.8. The molecule has 0 heterocycles.